The first-order valence-electron chi connectivity index (χ1n) is 9.37. The van der Waals surface area contributed by atoms with E-state index < -0.39 is 0 Å². The summed E-state index contributed by atoms with van der Waals surface area (Å²) in [7, 11) is 0. The quantitative estimate of drug-likeness (QED) is 0.841. The molecule has 2 aromatic rings. The molecule has 1 fully saturated rings. The summed E-state index contributed by atoms with van der Waals surface area (Å²) in [5.41, 5.74) is 5.20. The highest BCUT2D eigenvalue weighted by Gasteiger charge is 2.22. The minimum atomic E-state index is 0.424. The number of halogens is 1. The van der Waals surface area contributed by atoms with Crippen molar-refractivity contribution in [1.82, 2.24) is 20.4 Å². The van der Waals surface area contributed by atoms with Crippen LogP contribution in [0.5, 0.6) is 0 Å². The summed E-state index contributed by atoms with van der Waals surface area (Å²) in [5.74, 6) is 0.424. The average molecular weight is 369 g/mol. The van der Waals surface area contributed by atoms with Crippen molar-refractivity contribution in [2.24, 2.45) is 0 Å². The van der Waals surface area contributed by atoms with Crippen molar-refractivity contribution >= 4 is 11.6 Å². The van der Waals surface area contributed by atoms with Gasteiger partial charge in [0.2, 0.25) is 0 Å². The molecule has 1 aliphatic heterocycles. The topological polar surface area (TPSA) is 44.0 Å². The number of allylic oxidation sites excluding steroid dienone is 3. The largest absolute Gasteiger partial charge is 0.314 e. The minimum absolute atomic E-state index is 0.424. The number of aromatic nitrogens is 2. The summed E-state index contributed by atoms with van der Waals surface area (Å²) < 4.78 is 0. The zero-order valence-corrected chi connectivity index (χ0v) is 15.7. The van der Waals surface area contributed by atoms with Gasteiger partial charge >= 0.3 is 0 Å². The normalized spacial score (nSPS) is 19.7. The van der Waals surface area contributed by atoms with Crippen LogP contribution in [-0.4, -0.2) is 47.8 Å². The first kappa shape index (κ1) is 17.5. The molecule has 0 bridgehead atoms. The third-order valence-electron chi connectivity index (χ3n) is 5.37. The van der Waals surface area contributed by atoms with Crippen molar-refractivity contribution in [1.29, 1.82) is 0 Å². The molecule has 1 aliphatic carbocycles. The lowest BCUT2D eigenvalue weighted by Crippen LogP contribution is -2.45. The Morgan fingerprint density at radius 3 is 2.50 bits per heavy atom. The molecule has 1 saturated heterocycles. The van der Waals surface area contributed by atoms with Gasteiger partial charge in [-0.15, -0.1) is 0 Å². The zero-order chi connectivity index (χ0) is 17.8. The van der Waals surface area contributed by atoms with E-state index >= 15 is 0 Å². The van der Waals surface area contributed by atoms with Crippen LogP contribution in [0, 0.1) is 0 Å². The number of nitrogens with zero attached hydrogens (tertiary/aromatic N) is 2. The van der Waals surface area contributed by atoms with E-state index in [0.717, 1.165) is 56.2 Å². The van der Waals surface area contributed by atoms with Crippen molar-refractivity contribution < 1.29 is 0 Å². The van der Waals surface area contributed by atoms with Crippen LogP contribution in [0.4, 0.5) is 0 Å². The lowest BCUT2D eigenvalue weighted by molar-refractivity contribution is 0.232. The highest BCUT2D eigenvalue weighted by molar-refractivity contribution is 6.29. The van der Waals surface area contributed by atoms with Gasteiger partial charge in [-0.2, -0.15) is 5.10 Å². The molecule has 1 atom stereocenters. The summed E-state index contributed by atoms with van der Waals surface area (Å²) in [4.78, 5) is 2.58. The maximum Gasteiger partial charge on any atom is 0.0565 e. The van der Waals surface area contributed by atoms with Gasteiger partial charge < -0.3 is 5.32 Å². The Balaban J connectivity index is 1.59. The van der Waals surface area contributed by atoms with Gasteiger partial charge in [0.15, 0.2) is 0 Å². The van der Waals surface area contributed by atoms with E-state index in [0.29, 0.717) is 5.92 Å². The minimum Gasteiger partial charge on any atom is -0.314 e. The molecule has 26 heavy (non-hydrogen) atoms. The molecular weight excluding hydrogens is 344 g/mol. The van der Waals surface area contributed by atoms with Crippen molar-refractivity contribution in [3.05, 3.63) is 65.0 Å². The van der Waals surface area contributed by atoms with Gasteiger partial charge in [0.05, 0.1) is 6.20 Å². The van der Waals surface area contributed by atoms with Crippen LogP contribution in [0.2, 0.25) is 0 Å². The molecule has 0 spiro atoms. The molecule has 1 aromatic heterocycles. The van der Waals surface area contributed by atoms with Crippen molar-refractivity contribution in [2.75, 3.05) is 32.7 Å². The Bertz CT molecular complexity index is 771. The van der Waals surface area contributed by atoms with E-state index in [-0.39, 0.29) is 0 Å². The number of benzene rings is 1. The van der Waals surface area contributed by atoms with Crippen LogP contribution >= 0.6 is 11.6 Å². The maximum atomic E-state index is 6.19. The van der Waals surface area contributed by atoms with Gasteiger partial charge in [-0.1, -0.05) is 47.5 Å². The molecular formula is C21H25ClN4. The maximum absolute atomic E-state index is 6.19. The summed E-state index contributed by atoms with van der Waals surface area (Å²) in [5, 5.41) is 11.3. The highest BCUT2D eigenvalue weighted by atomic mass is 35.5. The number of H-pyrrole nitrogens is 1. The smallest absolute Gasteiger partial charge is 0.0565 e. The summed E-state index contributed by atoms with van der Waals surface area (Å²) in [6.45, 7) is 5.47. The van der Waals surface area contributed by atoms with Gasteiger partial charge in [0.25, 0.3) is 0 Å². The number of hydrogen-bond acceptors (Lipinski definition) is 3. The Kier molecular flexibility index (Phi) is 5.54. The Labute approximate surface area is 159 Å². The number of hydrogen-bond donors (Lipinski definition) is 2. The Hall–Kier alpha value is -1.88. The fourth-order valence-corrected chi connectivity index (χ4v) is 3.98. The van der Waals surface area contributed by atoms with Crippen molar-refractivity contribution in [3.8, 4) is 11.1 Å². The van der Waals surface area contributed by atoms with E-state index in [1.165, 1.54) is 16.7 Å². The molecule has 0 radical (unpaired) electrons. The van der Waals surface area contributed by atoms with E-state index in [1.807, 2.05) is 12.4 Å². The third kappa shape index (κ3) is 4.09. The fraction of sp³-hybridized carbons (Fsp3) is 0.381. The summed E-state index contributed by atoms with van der Waals surface area (Å²) in [6, 6.07) is 8.96. The third-order valence-corrected chi connectivity index (χ3v) is 5.69. The summed E-state index contributed by atoms with van der Waals surface area (Å²) in [6.07, 6.45) is 10.1. The van der Waals surface area contributed by atoms with Gasteiger partial charge in [-0.3, -0.25) is 10.00 Å². The molecule has 0 saturated carbocycles. The first-order chi connectivity index (χ1) is 12.8. The Morgan fingerprint density at radius 1 is 1.04 bits per heavy atom. The van der Waals surface area contributed by atoms with Crippen LogP contribution in [0.3, 0.4) is 0 Å². The zero-order valence-electron chi connectivity index (χ0n) is 14.9. The van der Waals surface area contributed by atoms with Crippen LogP contribution < -0.4 is 5.32 Å². The van der Waals surface area contributed by atoms with E-state index in [1.54, 1.807) is 0 Å². The van der Waals surface area contributed by atoms with Gasteiger partial charge in [0.1, 0.15) is 0 Å². The van der Waals surface area contributed by atoms with Crippen LogP contribution in [0.15, 0.2) is 59.4 Å². The molecule has 2 N–H and O–H groups in total. The molecule has 4 rings (SSSR count). The molecule has 1 aromatic carbocycles. The number of nitrogens with one attached hydrogen (secondary N) is 2. The molecule has 4 nitrogen and oxygen atoms in total. The van der Waals surface area contributed by atoms with Gasteiger partial charge in [-0.05, 0) is 30.0 Å². The van der Waals surface area contributed by atoms with E-state index in [9.17, 15) is 0 Å². The fourth-order valence-electron chi connectivity index (χ4n) is 3.82. The SMILES string of the molecule is ClC1=CC=C(C(CN2CCNCC2)c2ccc(-c3cn[nH]c3)cc2)CC1. The van der Waals surface area contributed by atoms with Crippen molar-refractivity contribution in [3.63, 3.8) is 0 Å². The van der Waals surface area contributed by atoms with E-state index in [2.05, 4.69) is 56.8 Å². The molecule has 5 heteroatoms. The van der Waals surface area contributed by atoms with E-state index in [4.69, 9.17) is 11.6 Å². The predicted octanol–water partition coefficient (Wildman–Crippen LogP) is 3.91. The second-order valence-electron chi connectivity index (χ2n) is 7.07. The second kappa shape index (κ2) is 8.21. The lowest BCUT2D eigenvalue weighted by Gasteiger charge is -2.33. The molecule has 2 heterocycles. The number of aromatic amines is 1. The summed E-state index contributed by atoms with van der Waals surface area (Å²) >= 11 is 6.19. The Morgan fingerprint density at radius 2 is 1.85 bits per heavy atom. The first-order valence-corrected chi connectivity index (χ1v) is 9.75. The second-order valence-corrected chi connectivity index (χ2v) is 7.55. The van der Waals surface area contributed by atoms with Crippen LogP contribution in [0.25, 0.3) is 11.1 Å². The van der Waals surface area contributed by atoms with Crippen LogP contribution in [-0.2, 0) is 0 Å². The molecule has 136 valence electrons. The number of rotatable bonds is 5. The number of piperazine rings is 1. The van der Waals surface area contributed by atoms with Crippen molar-refractivity contribution in [2.45, 2.75) is 18.8 Å². The lowest BCUT2D eigenvalue weighted by atomic mass is 9.85. The average Bonchev–Trinajstić information content (AvgIpc) is 3.23. The monoisotopic (exact) mass is 368 g/mol. The molecule has 1 unspecified atom stereocenters. The molecule has 2 aliphatic rings. The standard InChI is InChI=1S/C21H25ClN4/c22-20-7-5-18(6-8-20)21(15-26-11-9-23-10-12-26)17-3-1-16(2-4-17)19-13-24-25-14-19/h1-5,7,13-14,21,23H,6,8-12,15H2,(H,24,25). The van der Waals surface area contributed by atoms with Gasteiger partial charge in [-0.25, -0.2) is 0 Å². The van der Waals surface area contributed by atoms with Crippen LogP contribution in [0.1, 0.15) is 24.3 Å². The van der Waals surface area contributed by atoms with Gasteiger partial charge in [0, 0.05) is 55.4 Å². The highest BCUT2D eigenvalue weighted by Crippen LogP contribution is 2.34. The molecule has 0 amide bonds. The predicted molar refractivity (Wildman–Crippen MR) is 107 cm³/mol.